The molecule has 3 nitrogen and oxygen atoms in total. The molecule has 1 aromatic rings. The molecule has 1 saturated carbocycles. The molecule has 1 aliphatic carbocycles. The lowest BCUT2D eigenvalue weighted by atomic mass is 9.86. The monoisotopic (exact) mass is 262 g/mol. The van der Waals surface area contributed by atoms with Gasteiger partial charge < -0.3 is 14.6 Å². The van der Waals surface area contributed by atoms with Crippen molar-refractivity contribution in [3.63, 3.8) is 0 Å². The third kappa shape index (κ3) is 2.20. The molecule has 0 bridgehead atoms. The predicted molar refractivity (Wildman–Crippen MR) is 73.6 cm³/mol. The summed E-state index contributed by atoms with van der Waals surface area (Å²) in [5.74, 6) is 2.32. The minimum Gasteiger partial charge on any atom is -0.497 e. The average molecular weight is 262 g/mol. The van der Waals surface area contributed by atoms with E-state index in [2.05, 4.69) is 6.92 Å². The Balaban J connectivity index is 1.90. The van der Waals surface area contributed by atoms with Crippen molar-refractivity contribution in [1.82, 2.24) is 0 Å². The second kappa shape index (κ2) is 4.71. The number of aliphatic hydroxyl groups excluding tert-OH is 1. The molecule has 0 saturated heterocycles. The van der Waals surface area contributed by atoms with Gasteiger partial charge in [-0.25, -0.2) is 0 Å². The van der Waals surface area contributed by atoms with E-state index in [-0.39, 0.29) is 5.60 Å². The summed E-state index contributed by atoms with van der Waals surface area (Å²) in [5, 5.41) is 10.4. The van der Waals surface area contributed by atoms with Crippen LogP contribution in [-0.4, -0.2) is 17.8 Å². The van der Waals surface area contributed by atoms with E-state index in [0.29, 0.717) is 0 Å². The Morgan fingerprint density at radius 2 is 2.26 bits per heavy atom. The first kappa shape index (κ1) is 12.8. The van der Waals surface area contributed by atoms with Crippen molar-refractivity contribution in [2.45, 2.75) is 50.7 Å². The van der Waals surface area contributed by atoms with Crippen molar-refractivity contribution < 1.29 is 14.6 Å². The molecule has 1 heterocycles. The van der Waals surface area contributed by atoms with Crippen LogP contribution in [0.2, 0.25) is 0 Å². The van der Waals surface area contributed by atoms with Gasteiger partial charge in [-0.15, -0.1) is 0 Å². The van der Waals surface area contributed by atoms with Crippen molar-refractivity contribution in [1.29, 1.82) is 0 Å². The number of hydrogen-bond acceptors (Lipinski definition) is 3. The van der Waals surface area contributed by atoms with Gasteiger partial charge in [-0.3, -0.25) is 0 Å². The van der Waals surface area contributed by atoms with Crippen molar-refractivity contribution in [2.75, 3.05) is 7.11 Å². The van der Waals surface area contributed by atoms with Crippen LogP contribution in [0.3, 0.4) is 0 Å². The maximum Gasteiger partial charge on any atom is 0.129 e. The highest BCUT2D eigenvalue weighted by molar-refractivity contribution is 5.44. The summed E-state index contributed by atoms with van der Waals surface area (Å²) in [7, 11) is 1.65. The van der Waals surface area contributed by atoms with Crippen LogP contribution < -0.4 is 9.47 Å². The second-order valence-corrected chi connectivity index (χ2v) is 5.93. The number of aliphatic hydroxyl groups is 1. The highest BCUT2D eigenvalue weighted by atomic mass is 16.5. The molecule has 3 atom stereocenters. The summed E-state index contributed by atoms with van der Waals surface area (Å²) in [6, 6.07) is 5.70. The Hall–Kier alpha value is -1.22. The van der Waals surface area contributed by atoms with Crippen LogP contribution in [0.5, 0.6) is 11.5 Å². The zero-order chi connectivity index (χ0) is 13.5. The molecule has 1 aliphatic heterocycles. The molecular weight excluding hydrogens is 240 g/mol. The fourth-order valence-electron chi connectivity index (χ4n) is 3.57. The van der Waals surface area contributed by atoms with Gasteiger partial charge in [0, 0.05) is 18.1 Å². The number of fused-ring (bicyclic) bond motifs is 1. The third-order valence-electron chi connectivity index (χ3n) is 4.72. The van der Waals surface area contributed by atoms with Crippen molar-refractivity contribution in [3.8, 4) is 11.5 Å². The molecule has 2 unspecified atom stereocenters. The van der Waals surface area contributed by atoms with Crippen molar-refractivity contribution >= 4 is 0 Å². The van der Waals surface area contributed by atoms with Gasteiger partial charge >= 0.3 is 0 Å². The highest BCUT2D eigenvalue weighted by Crippen LogP contribution is 2.50. The fraction of sp³-hybridized carbons (Fsp3) is 0.625. The molecule has 1 fully saturated rings. The van der Waals surface area contributed by atoms with E-state index in [9.17, 15) is 5.11 Å². The summed E-state index contributed by atoms with van der Waals surface area (Å²) < 4.78 is 11.5. The summed E-state index contributed by atoms with van der Waals surface area (Å²) in [6.45, 7) is 2.24. The Bertz CT molecular complexity index is 471. The van der Waals surface area contributed by atoms with Gasteiger partial charge in [0.2, 0.25) is 0 Å². The van der Waals surface area contributed by atoms with Gasteiger partial charge in [0.15, 0.2) is 0 Å². The zero-order valence-electron chi connectivity index (χ0n) is 11.7. The normalized spacial score (nSPS) is 33.0. The Morgan fingerprint density at radius 1 is 1.42 bits per heavy atom. The zero-order valence-corrected chi connectivity index (χ0v) is 11.7. The van der Waals surface area contributed by atoms with Crippen LogP contribution in [0.1, 0.15) is 50.7 Å². The van der Waals surface area contributed by atoms with Crippen LogP contribution >= 0.6 is 0 Å². The molecule has 104 valence electrons. The lowest BCUT2D eigenvalue weighted by molar-refractivity contribution is -0.0123. The van der Waals surface area contributed by atoms with Gasteiger partial charge in [0.1, 0.15) is 17.1 Å². The van der Waals surface area contributed by atoms with E-state index in [0.717, 1.165) is 42.2 Å². The Labute approximate surface area is 114 Å². The molecule has 2 aliphatic rings. The molecule has 0 amide bonds. The first-order chi connectivity index (χ1) is 9.15. The molecular formula is C16H22O3. The highest BCUT2D eigenvalue weighted by Gasteiger charge is 2.45. The molecule has 1 aromatic carbocycles. The second-order valence-electron chi connectivity index (χ2n) is 5.93. The standard InChI is InChI=1S/C16H22O3/c1-3-11-6-7-16(9-11)10-14(17)13-5-4-12(18-2)8-15(13)19-16/h4-5,8,11,14,17H,3,6-7,9-10H2,1-2H3/t11?,14-,16?/m1/s1. The first-order valence-electron chi connectivity index (χ1n) is 7.21. The number of hydrogen-bond donors (Lipinski definition) is 1. The van der Waals surface area contributed by atoms with Gasteiger partial charge in [0.25, 0.3) is 0 Å². The van der Waals surface area contributed by atoms with Crippen LogP contribution in [-0.2, 0) is 0 Å². The van der Waals surface area contributed by atoms with Gasteiger partial charge in [-0.1, -0.05) is 13.3 Å². The maximum atomic E-state index is 10.4. The van der Waals surface area contributed by atoms with Crippen LogP contribution in [0, 0.1) is 5.92 Å². The fourth-order valence-corrected chi connectivity index (χ4v) is 3.57. The summed E-state index contributed by atoms with van der Waals surface area (Å²) in [6.07, 6.45) is 4.85. The largest absolute Gasteiger partial charge is 0.497 e. The smallest absolute Gasteiger partial charge is 0.129 e. The van der Waals surface area contributed by atoms with Gasteiger partial charge in [-0.2, -0.15) is 0 Å². The minimum atomic E-state index is -0.412. The molecule has 1 N–H and O–H groups in total. The summed E-state index contributed by atoms with van der Waals surface area (Å²) in [5.41, 5.74) is 0.741. The lowest BCUT2D eigenvalue weighted by Gasteiger charge is -2.38. The van der Waals surface area contributed by atoms with E-state index in [4.69, 9.17) is 9.47 Å². The maximum absolute atomic E-state index is 10.4. The van der Waals surface area contributed by atoms with E-state index in [1.807, 2.05) is 18.2 Å². The van der Waals surface area contributed by atoms with Crippen molar-refractivity contribution in [3.05, 3.63) is 23.8 Å². The SMILES string of the molecule is CCC1CCC2(C1)C[C@@H](O)c1ccc(OC)cc1O2. The third-order valence-corrected chi connectivity index (χ3v) is 4.72. The minimum absolute atomic E-state index is 0.153. The van der Waals surface area contributed by atoms with E-state index < -0.39 is 6.10 Å². The molecule has 3 rings (SSSR count). The molecule has 3 heteroatoms. The van der Waals surface area contributed by atoms with Gasteiger partial charge in [-0.05, 0) is 37.3 Å². The van der Waals surface area contributed by atoms with Crippen LogP contribution in [0.25, 0.3) is 0 Å². The number of ether oxygens (including phenoxy) is 2. The number of methoxy groups -OCH3 is 1. The number of rotatable bonds is 2. The van der Waals surface area contributed by atoms with Crippen LogP contribution in [0.4, 0.5) is 0 Å². The average Bonchev–Trinajstić information content (AvgIpc) is 2.80. The van der Waals surface area contributed by atoms with E-state index in [1.165, 1.54) is 12.8 Å². The molecule has 1 spiro atoms. The van der Waals surface area contributed by atoms with Crippen LogP contribution in [0.15, 0.2) is 18.2 Å². The summed E-state index contributed by atoms with van der Waals surface area (Å²) >= 11 is 0. The van der Waals surface area contributed by atoms with E-state index in [1.54, 1.807) is 7.11 Å². The van der Waals surface area contributed by atoms with E-state index >= 15 is 0 Å². The molecule has 0 radical (unpaired) electrons. The molecule has 0 aromatic heterocycles. The Morgan fingerprint density at radius 3 is 2.95 bits per heavy atom. The number of benzene rings is 1. The lowest BCUT2D eigenvalue weighted by Crippen LogP contribution is -2.38. The topological polar surface area (TPSA) is 38.7 Å². The summed E-state index contributed by atoms with van der Waals surface area (Å²) in [4.78, 5) is 0. The Kier molecular flexibility index (Phi) is 3.17. The quantitative estimate of drug-likeness (QED) is 0.887. The molecule has 19 heavy (non-hydrogen) atoms. The van der Waals surface area contributed by atoms with Gasteiger partial charge in [0.05, 0.1) is 13.2 Å². The van der Waals surface area contributed by atoms with Crippen molar-refractivity contribution in [2.24, 2.45) is 5.92 Å². The first-order valence-corrected chi connectivity index (χ1v) is 7.21. The predicted octanol–water partition coefficient (Wildman–Crippen LogP) is 3.46.